The third kappa shape index (κ3) is 5.36. The topological polar surface area (TPSA) is 68.3 Å². The van der Waals surface area contributed by atoms with Gasteiger partial charge in [-0.05, 0) is 55.5 Å². The summed E-state index contributed by atoms with van der Waals surface area (Å²) in [7, 11) is -4.25. The van der Waals surface area contributed by atoms with Crippen molar-refractivity contribution in [2.75, 3.05) is 0 Å². The standard InChI is InChI=1S/C23H16Cl4O4S/c1-13-2-6-16(7-3-13)32(30,31)22(23(29)18-9-5-15(25)11-20(18)27)12-21(28)17-8-4-14(24)10-19(17)26/h2-11,22H,12H2,1H3/t22-/m1/s1. The Balaban J connectivity index is 2.09. The molecule has 0 unspecified atom stereocenters. The molecule has 1 atom stereocenters. The van der Waals surface area contributed by atoms with Gasteiger partial charge in [0.1, 0.15) is 5.25 Å². The summed E-state index contributed by atoms with van der Waals surface area (Å²) in [5, 5.41) is -1.06. The van der Waals surface area contributed by atoms with Gasteiger partial charge in [0.15, 0.2) is 21.4 Å². The molecule has 166 valence electrons. The Hall–Kier alpha value is -1.89. The van der Waals surface area contributed by atoms with Crippen LogP contribution in [0.2, 0.25) is 20.1 Å². The van der Waals surface area contributed by atoms with Crippen molar-refractivity contribution >= 4 is 67.8 Å². The van der Waals surface area contributed by atoms with Crippen molar-refractivity contribution in [2.45, 2.75) is 23.5 Å². The van der Waals surface area contributed by atoms with E-state index in [1.165, 1.54) is 48.5 Å². The van der Waals surface area contributed by atoms with Crippen molar-refractivity contribution in [1.29, 1.82) is 0 Å². The van der Waals surface area contributed by atoms with Crippen molar-refractivity contribution in [3.8, 4) is 0 Å². The van der Waals surface area contributed by atoms with E-state index in [2.05, 4.69) is 0 Å². The van der Waals surface area contributed by atoms with E-state index in [4.69, 9.17) is 46.4 Å². The van der Waals surface area contributed by atoms with Crippen LogP contribution in [0.3, 0.4) is 0 Å². The Morgan fingerprint density at radius 1 is 0.781 bits per heavy atom. The number of carbonyl (C=O) groups excluding carboxylic acids is 2. The highest BCUT2D eigenvalue weighted by Gasteiger charge is 2.37. The zero-order valence-corrected chi connectivity index (χ0v) is 20.5. The fourth-order valence-electron chi connectivity index (χ4n) is 3.09. The van der Waals surface area contributed by atoms with Gasteiger partial charge in [0.05, 0.1) is 14.9 Å². The molecule has 3 aromatic rings. The molecule has 0 aliphatic rings. The van der Waals surface area contributed by atoms with E-state index in [-0.39, 0.29) is 31.1 Å². The Bertz CT molecular complexity index is 1300. The maximum absolute atomic E-state index is 13.4. The van der Waals surface area contributed by atoms with Crippen LogP contribution in [0, 0.1) is 6.92 Å². The van der Waals surface area contributed by atoms with E-state index in [1.54, 1.807) is 19.1 Å². The number of hydrogen-bond donors (Lipinski definition) is 0. The minimum Gasteiger partial charge on any atom is -0.294 e. The highest BCUT2D eigenvalue weighted by Crippen LogP contribution is 2.30. The van der Waals surface area contributed by atoms with Gasteiger partial charge in [-0.25, -0.2) is 8.42 Å². The zero-order valence-electron chi connectivity index (χ0n) is 16.6. The lowest BCUT2D eigenvalue weighted by Crippen LogP contribution is -2.33. The molecule has 0 radical (unpaired) electrons. The molecule has 0 saturated heterocycles. The first-order valence-corrected chi connectivity index (χ1v) is 12.3. The SMILES string of the molecule is Cc1ccc(S(=O)(=O)[C@H](CC(=O)c2ccc(Cl)cc2Cl)C(=O)c2ccc(Cl)cc2Cl)cc1. The summed E-state index contributed by atoms with van der Waals surface area (Å²) in [6.45, 7) is 1.80. The normalized spacial score (nSPS) is 12.4. The Kier molecular flexibility index (Phi) is 7.69. The number of rotatable bonds is 7. The first-order chi connectivity index (χ1) is 15.0. The summed E-state index contributed by atoms with van der Waals surface area (Å²) in [6, 6.07) is 14.3. The zero-order chi connectivity index (χ0) is 23.6. The van der Waals surface area contributed by atoms with Crippen molar-refractivity contribution in [2.24, 2.45) is 0 Å². The third-order valence-corrected chi connectivity index (χ3v) is 7.97. The minimum atomic E-state index is -4.25. The molecule has 0 bridgehead atoms. The van der Waals surface area contributed by atoms with Gasteiger partial charge in [0.25, 0.3) is 0 Å². The molecule has 0 fully saturated rings. The fourth-order valence-corrected chi connectivity index (χ4v) is 5.73. The van der Waals surface area contributed by atoms with Crippen LogP contribution in [-0.2, 0) is 9.84 Å². The van der Waals surface area contributed by atoms with E-state index in [9.17, 15) is 18.0 Å². The largest absolute Gasteiger partial charge is 0.294 e. The lowest BCUT2D eigenvalue weighted by molar-refractivity contribution is 0.0921. The average molecular weight is 530 g/mol. The van der Waals surface area contributed by atoms with Gasteiger partial charge in [-0.15, -0.1) is 0 Å². The summed E-state index contributed by atoms with van der Waals surface area (Å²) in [5.41, 5.74) is 0.860. The first-order valence-electron chi connectivity index (χ1n) is 9.29. The third-order valence-electron chi connectivity index (χ3n) is 4.82. The lowest BCUT2D eigenvalue weighted by atomic mass is 10.0. The van der Waals surface area contributed by atoms with Crippen LogP contribution >= 0.6 is 46.4 Å². The number of Topliss-reactive ketones (excluding diaryl/α,β-unsaturated/α-hetero) is 2. The quantitative estimate of drug-likeness (QED) is 0.312. The molecular formula is C23H16Cl4O4S. The van der Waals surface area contributed by atoms with Gasteiger partial charge in [-0.3, -0.25) is 9.59 Å². The predicted octanol–water partition coefficient (Wildman–Crippen LogP) is 6.91. The maximum atomic E-state index is 13.4. The van der Waals surface area contributed by atoms with Crippen LogP contribution in [0.1, 0.15) is 32.7 Å². The second kappa shape index (κ2) is 9.94. The molecule has 0 aliphatic carbocycles. The summed E-state index contributed by atoms with van der Waals surface area (Å²) >= 11 is 24.1. The number of hydrogen-bond acceptors (Lipinski definition) is 4. The summed E-state index contributed by atoms with van der Waals surface area (Å²) in [5.74, 6) is -1.43. The van der Waals surface area contributed by atoms with Gasteiger partial charge >= 0.3 is 0 Å². The molecule has 3 rings (SSSR count). The Morgan fingerprint density at radius 3 is 1.78 bits per heavy atom. The van der Waals surface area contributed by atoms with Crippen LogP contribution < -0.4 is 0 Å². The van der Waals surface area contributed by atoms with Crippen LogP contribution in [0.25, 0.3) is 0 Å². The van der Waals surface area contributed by atoms with Gasteiger partial charge in [0, 0.05) is 27.6 Å². The molecule has 4 nitrogen and oxygen atoms in total. The van der Waals surface area contributed by atoms with E-state index in [0.29, 0.717) is 5.02 Å². The lowest BCUT2D eigenvalue weighted by Gasteiger charge is -2.18. The Morgan fingerprint density at radius 2 is 1.28 bits per heavy atom. The molecule has 0 heterocycles. The van der Waals surface area contributed by atoms with E-state index in [0.717, 1.165) is 5.56 Å². The molecular weight excluding hydrogens is 514 g/mol. The van der Waals surface area contributed by atoms with Crippen molar-refractivity contribution in [3.63, 3.8) is 0 Å². The first kappa shape index (κ1) is 24.7. The molecule has 0 amide bonds. The van der Waals surface area contributed by atoms with Gasteiger partial charge < -0.3 is 0 Å². The van der Waals surface area contributed by atoms with Gasteiger partial charge in [-0.2, -0.15) is 0 Å². The van der Waals surface area contributed by atoms with Crippen molar-refractivity contribution < 1.29 is 18.0 Å². The molecule has 0 aliphatic heterocycles. The second-order valence-electron chi connectivity index (χ2n) is 7.09. The van der Waals surface area contributed by atoms with Gasteiger partial charge in [0.2, 0.25) is 0 Å². The average Bonchev–Trinajstić information content (AvgIpc) is 2.71. The number of halogens is 4. The monoisotopic (exact) mass is 528 g/mol. The van der Waals surface area contributed by atoms with E-state index >= 15 is 0 Å². The van der Waals surface area contributed by atoms with Crippen molar-refractivity contribution in [1.82, 2.24) is 0 Å². The molecule has 9 heteroatoms. The van der Waals surface area contributed by atoms with Crippen LogP contribution in [-0.4, -0.2) is 25.2 Å². The highest BCUT2D eigenvalue weighted by atomic mass is 35.5. The van der Waals surface area contributed by atoms with Crippen LogP contribution in [0.5, 0.6) is 0 Å². The van der Waals surface area contributed by atoms with Crippen molar-refractivity contribution in [3.05, 3.63) is 97.4 Å². The molecule has 32 heavy (non-hydrogen) atoms. The van der Waals surface area contributed by atoms with Gasteiger partial charge in [-0.1, -0.05) is 64.1 Å². The Labute approximate surface area is 206 Å². The number of carbonyl (C=O) groups is 2. The number of benzene rings is 3. The fraction of sp³-hybridized carbons (Fsp3) is 0.130. The molecule has 3 aromatic carbocycles. The molecule has 0 N–H and O–H groups in total. The summed E-state index contributed by atoms with van der Waals surface area (Å²) in [4.78, 5) is 26.3. The number of ketones is 2. The smallest absolute Gasteiger partial charge is 0.189 e. The molecule has 0 aromatic heterocycles. The van der Waals surface area contributed by atoms with Crippen LogP contribution in [0.4, 0.5) is 0 Å². The predicted molar refractivity (Wildman–Crippen MR) is 128 cm³/mol. The van der Waals surface area contributed by atoms with E-state index < -0.39 is 33.1 Å². The summed E-state index contributed by atoms with van der Waals surface area (Å²) < 4.78 is 26.9. The van der Waals surface area contributed by atoms with Crippen LogP contribution in [0.15, 0.2) is 65.6 Å². The highest BCUT2D eigenvalue weighted by molar-refractivity contribution is 7.92. The number of sulfone groups is 1. The maximum Gasteiger partial charge on any atom is 0.189 e. The summed E-state index contributed by atoms with van der Waals surface area (Å²) in [6.07, 6.45) is -0.630. The molecule has 0 spiro atoms. The second-order valence-corrected chi connectivity index (χ2v) is 10.9. The minimum absolute atomic E-state index is 0.0106. The van der Waals surface area contributed by atoms with E-state index in [1.807, 2.05) is 0 Å². The molecule has 0 saturated carbocycles. The number of aryl methyl sites for hydroxylation is 1.